The fraction of sp³-hybridized carbons (Fsp3) is 0.250. The number of nitrogens with zero attached hydrogens (tertiary/aromatic N) is 1. The van der Waals surface area contributed by atoms with Crippen LogP contribution in [0.1, 0.15) is 30.4 Å². The van der Waals surface area contributed by atoms with Crippen molar-refractivity contribution in [3.05, 3.63) is 59.7 Å². The van der Waals surface area contributed by atoms with Crippen LogP contribution in [0.25, 0.3) is 0 Å². The Balaban J connectivity index is 2.25. The van der Waals surface area contributed by atoms with Crippen LogP contribution >= 0.6 is 0 Å². The number of hydrogen-bond acceptors (Lipinski definition) is 1. The molecule has 0 unspecified atom stereocenters. The summed E-state index contributed by atoms with van der Waals surface area (Å²) in [4.78, 5) is 2.30. The van der Waals surface area contributed by atoms with Crippen molar-refractivity contribution in [1.29, 1.82) is 0 Å². The van der Waals surface area contributed by atoms with Gasteiger partial charge in [-0.1, -0.05) is 43.3 Å². The van der Waals surface area contributed by atoms with Crippen molar-refractivity contribution in [3.8, 4) is 0 Å². The van der Waals surface area contributed by atoms with Crippen LogP contribution in [0, 0.1) is 0 Å². The summed E-state index contributed by atoms with van der Waals surface area (Å²) in [6.07, 6.45) is 1.15. The Hall–Kier alpha value is -1.76. The van der Waals surface area contributed by atoms with E-state index in [2.05, 4.69) is 67.4 Å². The molecule has 3 rings (SSSR count). The molecule has 0 aromatic heterocycles. The van der Waals surface area contributed by atoms with Gasteiger partial charge in [0.1, 0.15) is 0 Å². The molecule has 0 spiro atoms. The van der Waals surface area contributed by atoms with E-state index in [-0.39, 0.29) is 0 Å². The SMILES string of the molecule is CCC1c2ccccc2N(C)c2ccccc21. The van der Waals surface area contributed by atoms with Gasteiger partial charge in [0.2, 0.25) is 0 Å². The van der Waals surface area contributed by atoms with E-state index >= 15 is 0 Å². The van der Waals surface area contributed by atoms with Crippen LogP contribution in [0.4, 0.5) is 11.4 Å². The zero-order valence-electron chi connectivity index (χ0n) is 10.4. The van der Waals surface area contributed by atoms with Gasteiger partial charge < -0.3 is 4.90 Å². The van der Waals surface area contributed by atoms with Crippen LogP contribution in [0.3, 0.4) is 0 Å². The zero-order chi connectivity index (χ0) is 11.8. The van der Waals surface area contributed by atoms with Gasteiger partial charge in [0, 0.05) is 24.3 Å². The number of benzene rings is 2. The number of fused-ring (bicyclic) bond motifs is 2. The molecule has 0 aliphatic carbocycles. The van der Waals surface area contributed by atoms with Crippen LogP contribution in [-0.2, 0) is 0 Å². The van der Waals surface area contributed by atoms with Crippen LogP contribution in [-0.4, -0.2) is 7.05 Å². The molecule has 1 aliphatic rings. The predicted molar refractivity (Wildman–Crippen MR) is 73.1 cm³/mol. The quantitative estimate of drug-likeness (QED) is 0.696. The minimum Gasteiger partial charge on any atom is -0.344 e. The van der Waals surface area contributed by atoms with Crippen molar-refractivity contribution in [1.82, 2.24) is 0 Å². The lowest BCUT2D eigenvalue weighted by Gasteiger charge is -2.35. The number of hydrogen-bond donors (Lipinski definition) is 0. The second-order valence-corrected chi connectivity index (χ2v) is 4.64. The summed E-state index contributed by atoms with van der Waals surface area (Å²) in [7, 11) is 2.16. The van der Waals surface area contributed by atoms with Gasteiger partial charge in [-0.3, -0.25) is 0 Å². The number of rotatable bonds is 1. The van der Waals surface area contributed by atoms with Gasteiger partial charge in [0.15, 0.2) is 0 Å². The number of anilines is 2. The molecular formula is C16H17N. The van der Waals surface area contributed by atoms with Crippen molar-refractivity contribution < 1.29 is 0 Å². The highest BCUT2D eigenvalue weighted by molar-refractivity contribution is 5.75. The fourth-order valence-electron chi connectivity index (χ4n) is 2.91. The molecule has 0 N–H and O–H groups in total. The minimum atomic E-state index is 0.540. The van der Waals surface area contributed by atoms with Crippen molar-refractivity contribution in [3.63, 3.8) is 0 Å². The lowest BCUT2D eigenvalue weighted by Crippen LogP contribution is -2.21. The Morgan fingerprint density at radius 2 is 1.35 bits per heavy atom. The van der Waals surface area contributed by atoms with E-state index in [9.17, 15) is 0 Å². The lowest BCUT2D eigenvalue weighted by atomic mass is 9.83. The van der Waals surface area contributed by atoms with E-state index in [1.807, 2.05) is 0 Å². The standard InChI is InChI=1S/C16H17N/c1-3-12-13-8-4-6-10-15(13)17(2)16-11-7-5-9-14(12)16/h4-12H,3H2,1-2H3. The average Bonchev–Trinajstić information content (AvgIpc) is 2.40. The Labute approximate surface area is 103 Å². The smallest absolute Gasteiger partial charge is 0.0447 e. The molecule has 0 saturated carbocycles. The molecule has 1 aliphatic heterocycles. The first kappa shape index (κ1) is 10.4. The van der Waals surface area contributed by atoms with E-state index in [0.717, 1.165) is 6.42 Å². The van der Waals surface area contributed by atoms with Gasteiger partial charge in [-0.25, -0.2) is 0 Å². The highest BCUT2D eigenvalue weighted by Gasteiger charge is 2.26. The first-order valence-electron chi connectivity index (χ1n) is 6.24. The molecular weight excluding hydrogens is 206 g/mol. The van der Waals surface area contributed by atoms with Crippen LogP contribution in [0.2, 0.25) is 0 Å². The molecule has 0 radical (unpaired) electrons. The van der Waals surface area contributed by atoms with Crippen molar-refractivity contribution in [2.45, 2.75) is 19.3 Å². The molecule has 2 aromatic rings. The second-order valence-electron chi connectivity index (χ2n) is 4.64. The second kappa shape index (κ2) is 3.92. The van der Waals surface area contributed by atoms with Gasteiger partial charge in [-0.2, -0.15) is 0 Å². The molecule has 86 valence electrons. The lowest BCUT2D eigenvalue weighted by molar-refractivity contribution is 0.760. The summed E-state index contributed by atoms with van der Waals surface area (Å²) >= 11 is 0. The normalized spacial score (nSPS) is 14.4. The summed E-state index contributed by atoms with van der Waals surface area (Å²) in [6.45, 7) is 2.27. The van der Waals surface area contributed by atoms with E-state index < -0.39 is 0 Å². The molecule has 1 heterocycles. The summed E-state index contributed by atoms with van der Waals surface area (Å²) in [5.74, 6) is 0.540. The summed E-state index contributed by atoms with van der Waals surface area (Å²) < 4.78 is 0. The third kappa shape index (κ3) is 1.46. The highest BCUT2D eigenvalue weighted by atomic mass is 15.1. The maximum Gasteiger partial charge on any atom is 0.0447 e. The van der Waals surface area contributed by atoms with Crippen molar-refractivity contribution in [2.24, 2.45) is 0 Å². The van der Waals surface area contributed by atoms with Gasteiger partial charge in [0.05, 0.1) is 0 Å². The molecule has 0 atom stereocenters. The molecule has 2 aromatic carbocycles. The molecule has 0 saturated heterocycles. The first-order chi connectivity index (χ1) is 8.33. The predicted octanol–water partition coefficient (Wildman–Crippen LogP) is 4.31. The first-order valence-corrected chi connectivity index (χ1v) is 6.24. The molecule has 0 amide bonds. The third-order valence-electron chi connectivity index (χ3n) is 3.76. The van der Waals surface area contributed by atoms with E-state index in [4.69, 9.17) is 0 Å². The molecule has 1 heteroatoms. The monoisotopic (exact) mass is 223 g/mol. The Morgan fingerprint density at radius 1 is 0.882 bits per heavy atom. The average molecular weight is 223 g/mol. The fourth-order valence-corrected chi connectivity index (χ4v) is 2.91. The summed E-state index contributed by atoms with van der Waals surface area (Å²) in [5.41, 5.74) is 5.60. The van der Waals surface area contributed by atoms with Crippen LogP contribution < -0.4 is 4.90 Å². The summed E-state index contributed by atoms with van der Waals surface area (Å²) in [5, 5.41) is 0. The van der Waals surface area contributed by atoms with Crippen LogP contribution in [0.5, 0.6) is 0 Å². The van der Waals surface area contributed by atoms with Crippen molar-refractivity contribution in [2.75, 3.05) is 11.9 Å². The Morgan fingerprint density at radius 3 is 1.82 bits per heavy atom. The topological polar surface area (TPSA) is 3.24 Å². The molecule has 0 bridgehead atoms. The van der Waals surface area contributed by atoms with E-state index in [0.29, 0.717) is 5.92 Å². The van der Waals surface area contributed by atoms with Gasteiger partial charge in [0.25, 0.3) is 0 Å². The largest absolute Gasteiger partial charge is 0.344 e. The van der Waals surface area contributed by atoms with E-state index in [1.54, 1.807) is 0 Å². The Kier molecular flexibility index (Phi) is 2.40. The van der Waals surface area contributed by atoms with Gasteiger partial charge in [-0.15, -0.1) is 0 Å². The molecule has 0 fully saturated rings. The van der Waals surface area contributed by atoms with Gasteiger partial charge in [-0.05, 0) is 29.7 Å². The van der Waals surface area contributed by atoms with E-state index in [1.165, 1.54) is 22.5 Å². The third-order valence-corrected chi connectivity index (χ3v) is 3.76. The molecule has 17 heavy (non-hydrogen) atoms. The Bertz CT molecular complexity index is 497. The highest BCUT2D eigenvalue weighted by Crippen LogP contribution is 2.45. The van der Waals surface area contributed by atoms with Crippen molar-refractivity contribution >= 4 is 11.4 Å². The number of para-hydroxylation sites is 2. The van der Waals surface area contributed by atoms with Crippen LogP contribution in [0.15, 0.2) is 48.5 Å². The maximum atomic E-state index is 2.30. The zero-order valence-corrected chi connectivity index (χ0v) is 10.4. The maximum absolute atomic E-state index is 2.30. The summed E-state index contributed by atoms with van der Waals surface area (Å²) in [6, 6.07) is 17.5. The molecule has 1 nitrogen and oxygen atoms in total. The van der Waals surface area contributed by atoms with Gasteiger partial charge >= 0.3 is 0 Å². The minimum absolute atomic E-state index is 0.540.